The number of hydrogen-bond donors (Lipinski definition) is 2. The average molecular weight is 415 g/mol. The highest BCUT2D eigenvalue weighted by Crippen LogP contribution is 2.60. The van der Waals surface area contributed by atoms with Crippen LogP contribution in [0.2, 0.25) is 0 Å². The first-order valence-electron chi connectivity index (χ1n) is 12.6. The van der Waals surface area contributed by atoms with E-state index in [4.69, 9.17) is 0 Å². The normalized spacial score (nSPS) is 40.9. The molecule has 0 saturated heterocycles. The summed E-state index contributed by atoms with van der Waals surface area (Å²) in [5.41, 5.74) is 3.87. The van der Waals surface area contributed by atoms with Gasteiger partial charge in [0.1, 0.15) is 0 Å². The molecule has 0 radical (unpaired) electrons. The molecule has 0 aromatic carbocycles. The van der Waals surface area contributed by atoms with Crippen LogP contribution in [0.15, 0.2) is 35.5 Å². The van der Waals surface area contributed by atoms with Crippen molar-refractivity contribution in [3.8, 4) is 0 Å². The molecule has 1 unspecified atom stereocenters. The molecule has 7 atom stereocenters. The second-order valence-electron chi connectivity index (χ2n) is 11.4. The number of fused-ring (bicyclic) bond motifs is 1. The van der Waals surface area contributed by atoms with Crippen molar-refractivity contribution in [2.75, 3.05) is 0 Å². The van der Waals surface area contributed by atoms with Crippen molar-refractivity contribution in [3.63, 3.8) is 0 Å². The minimum absolute atomic E-state index is 0.131. The molecule has 170 valence electrons. The first-order chi connectivity index (χ1) is 14.1. The summed E-state index contributed by atoms with van der Waals surface area (Å²) in [6, 6.07) is 0. The lowest BCUT2D eigenvalue weighted by atomic mass is 9.60. The van der Waals surface area contributed by atoms with Crippen molar-refractivity contribution in [1.82, 2.24) is 0 Å². The van der Waals surface area contributed by atoms with Crippen molar-refractivity contribution >= 4 is 0 Å². The lowest BCUT2D eigenvalue weighted by molar-refractivity contribution is 0.0283. The van der Waals surface area contributed by atoms with Gasteiger partial charge >= 0.3 is 0 Å². The molecule has 30 heavy (non-hydrogen) atoms. The van der Waals surface area contributed by atoms with Gasteiger partial charge in [0.15, 0.2) is 0 Å². The van der Waals surface area contributed by atoms with Crippen molar-refractivity contribution < 1.29 is 10.2 Å². The van der Waals surface area contributed by atoms with Crippen molar-refractivity contribution in [1.29, 1.82) is 0 Å². The maximum atomic E-state index is 10.4. The first-order valence-corrected chi connectivity index (χ1v) is 12.6. The Morgan fingerprint density at radius 2 is 1.87 bits per heavy atom. The van der Waals surface area contributed by atoms with Gasteiger partial charge in [0.25, 0.3) is 0 Å². The van der Waals surface area contributed by atoms with Crippen LogP contribution >= 0.6 is 0 Å². The van der Waals surface area contributed by atoms with Gasteiger partial charge in [-0.3, -0.25) is 0 Å². The van der Waals surface area contributed by atoms with Gasteiger partial charge in [-0.25, -0.2) is 0 Å². The van der Waals surface area contributed by atoms with Gasteiger partial charge in [-0.2, -0.15) is 0 Å². The van der Waals surface area contributed by atoms with Crippen molar-refractivity contribution in [2.45, 2.75) is 105 Å². The maximum absolute atomic E-state index is 10.4. The number of rotatable bonds is 6. The number of aliphatic hydroxyl groups excluding tert-OH is 2. The Labute approximate surface area is 185 Å². The SMILES string of the molecule is C=C1/C(=C\C=C2CCC[C@@]3(C)C2CC[C@@H]3[C@@H](C)CCCC(C)C)C[C@@H](O)[C@@H](C)[C@H]1O. The third-order valence-electron chi connectivity index (χ3n) is 8.97. The molecule has 2 nitrogen and oxygen atoms in total. The summed E-state index contributed by atoms with van der Waals surface area (Å²) in [5, 5.41) is 20.7. The molecule has 3 rings (SSSR count). The fraction of sp³-hybridized carbons (Fsp3) is 0.786. The standard InChI is InChI=1S/C28H46O2/c1-18(2)9-7-10-19(3)24-14-15-25-22(11-8-16-28(24,25)6)12-13-23-17-26(29)21(5)27(30)20(23)4/h12-13,18-19,21,24-27,29-30H,4,7-11,14-17H2,1-3,5-6H3/b22-12?,23-13-/t19-,21+,24+,25?,26+,27-,28+/m0/s1. The summed E-state index contributed by atoms with van der Waals surface area (Å²) in [4.78, 5) is 0. The summed E-state index contributed by atoms with van der Waals surface area (Å²) in [7, 11) is 0. The summed E-state index contributed by atoms with van der Waals surface area (Å²) in [6.45, 7) is 15.8. The monoisotopic (exact) mass is 414 g/mol. The molecule has 2 N–H and O–H groups in total. The van der Waals surface area contributed by atoms with Gasteiger partial charge in [0.2, 0.25) is 0 Å². The second kappa shape index (κ2) is 9.74. The highest BCUT2D eigenvalue weighted by Gasteiger charge is 2.50. The third-order valence-corrected chi connectivity index (χ3v) is 8.97. The van der Waals surface area contributed by atoms with Gasteiger partial charge in [-0.1, -0.05) is 78.2 Å². The maximum Gasteiger partial charge on any atom is 0.0837 e. The van der Waals surface area contributed by atoms with Crippen LogP contribution in [0.5, 0.6) is 0 Å². The molecule has 3 aliphatic carbocycles. The van der Waals surface area contributed by atoms with E-state index in [-0.39, 0.29) is 5.92 Å². The smallest absolute Gasteiger partial charge is 0.0837 e. The number of hydrogen-bond acceptors (Lipinski definition) is 2. The first kappa shape index (κ1) is 23.8. The topological polar surface area (TPSA) is 40.5 Å². The van der Waals surface area contributed by atoms with Crippen LogP contribution in [-0.4, -0.2) is 22.4 Å². The van der Waals surface area contributed by atoms with E-state index in [1.807, 2.05) is 6.92 Å². The Kier molecular flexibility index (Phi) is 7.72. The molecule has 0 bridgehead atoms. The molecule has 3 fully saturated rings. The summed E-state index contributed by atoms with van der Waals surface area (Å²) in [5.74, 6) is 3.05. The lowest BCUT2D eigenvalue weighted by Crippen LogP contribution is -2.36. The van der Waals surface area contributed by atoms with Crippen LogP contribution in [0.4, 0.5) is 0 Å². The van der Waals surface area contributed by atoms with E-state index in [0.29, 0.717) is 17.8 Å². The van der Waals surface area contributed by atoms with Crippen LogP contribution in [0.3, 0.4) is 0 Å². The van der Waals surface area contributed by atoms with E-state index in [1.165, 1.54) is 51.4 Å². The molecule has 0 heterocycles. The van der Waals surface area contributed by atoms with Gasteiger partial charge in [-0.15, -0.1) is 0 Å². The predicted molar refractivity (Wildman–Crippen MR) is 127 cm³/mol. The Morgan fingerprint density at radius 3 is 2.57 bits per heavy atom. The third kappa shape index (κ3) is 4.80. The van der Waals surface area contributed by atoms with Gasteiger partial charge in [0.05, 0.1) is 12.2 Å². The minimum Gasteiger partial charge on any atom is -0.392 e. The number of aliphatic hydroxyl groups is 2. The molecule has 0 spiro atoms. The van der Waals surface area contributed by atoms with Crippen molar-refractivity contribution in [2.24, 2.45) is 35.0 Å². The van der Waals surface area contributed by atoms with E-state index >= 15 is 0 Å². The molecule has 2 heteroatoms. The van der Waals surface area contributed by atoms with E-state index in [2.05, 4.69) is 46.4 Å². The molecular formula is C28H46O2. The zero-order chi connectivity index (χ0) is 22.1. The zero-order valence-corrected chi connectivity index (χ0v) is 20.2. The fourth-order valence-electron chi connectivity index (χ4n) is 6.91. The number of allylic oxidation sites excluding steroid dienone is 3. The minimum atomic E-state index is -0.627. The van der Waals surface area contributed by atoms with Crippen LogP contribution in [0.25, 0.3) is 0 Å². The highest BCUT2D eigenvalue weighted by molar-refractivity contribution is 5.39. The average Bonchev–Trinajstić information content (AvgIpc) is 3.05. The molecule has 0 aromatic rings. The summed E-state index contributed by atoms with van der Waals surface area (Å²) >= 11 is 0. The van der Waals surface area contributed by atoms with Crippen LogP contribution in [0, 0.1) is 35.0 Å². The Balaban J connectivity index is 1.72. The molecule has 0 aliphatic heterocycles. The highest BCUT2D eigenvalue weighted by atomic mass is 16.3. The lowest BCUT2D eigenvalue weighted by Gasteiger charge is -2.44. The molecular weight excluding hydrogens is 368 g/mol. The predicted octanol–water partition coefficient (Wildman–Crippen LogP) is 6.84. The van der Waals surface area contributed by atoms with Gasteiger partial charge in [-0.05, 0) is 78.8 Å². The second-order valence-corrected chi connectivity index (χ2v) is 11.4. The quantitative estimate of drug-likeness (QED) is 0.500. The van der Waals surface area contributed by atoms with Crippen molar-refractivity contribution in [3.05, 3.63) is 35.5 Å². The van der Waals surface area contributed by atoms with E-state index in [0.717, 1.165) is 28.9 Å². The van der Waals surface area contributed by atoms with E-state index < -0.39 is 12.2 Å². The van der Waals surface area contributed by atoms with Crippen LogP contribution in [-0.2, 0) is 0 Å². The largest absolute Gasteiger partial charge is 0.392 e. The summed E-state index contributed by atoms with van der Waals surface area (Å²) in [6.07, 6.45) is 14.7. The van der Waals surface area contributed by atoms with Crippen LogP contribution in [0.1, 0.15) is 92.4 Å². The van der Waals surface area contributed by atoms with Gasteiger partial charge in [0, 0.05) is 5.92 Å². The van der Waals surface area contributed by atoms with E-state index in [1.54, 1.807) is 5.57 Å². The van der Waals surface area contributed by atoms with E-state index in [9.17, 15) is 10.2 Å². The molecule has 3 saturated carbocycles. The van der Waals surface area contributed by atoms with Crippen LogP contribution < -0.4 is 0 Å². The summed E-state index contributed by atoms with van der Waals surface area (Å²) < 4.78 is 0. The fourth-order valence-corrected chi connectivity index (χ4v) is 6.91. The Bertz CT molecular complexity index is 672. The Hall–Kier alpha value is -0.860. The molecule has 3 aliphatic rings. The molecule has 0 aromatic heterocycles. The Morgan fingerprint density at radius 1 is 1.13 bits per heavy atom. The molecule has 0 amide bonds. The zero-order valence-electron chi connectivity index (χ0n) is 20.2. The van der Waals surface area contributed by atoms with Gasteiger partial charge < -0.3 is 10.2 Å².